The van der Waals surface area contributed by atoms with E-state index in [2.05, 4.69) is 10.3 Å². The van der Waals surface area contributed by atoms with Gasteiger partial charge < -0.3 is 9.73 Å². The summed E-state index contributed by atoms with van der Waals surface area (Å²) in [5.41, 5.74) is 1.40. The van der Waals surface area contributed by atoms with Crippen LogP contribution in [0.25, 0.3) is 11.5 Å². The first-order valence-corrected chi connectivity index (χ1v) is 9.46. The summed E-state index contributed by atoms with van der Waals surface area (Å²) in [6.45, 7) is 0. The predicted molar refractivity (Wildman–Crippen MR) is 109 cm³/mol. The molecule has 0 aliphatic rings. The number of nitrogens with one attached hydrogen (secondary N) is 1. The van der Waals surface area contributed by atoms with E-state index >= 15 is 0 Å². The molecule has 4 aromatic rings. The molecule has 0 aliphatic heterocycles. The van der Waals surface area contributed by atoms with Crippen molar-refractivity contribution in [1.29, 1.82) is 0 Å². The van der Waals surface area contributed by atoms with Crippen molar-refractivity contribution in [2.75, 3.05) is 0 Å². The normalized spacial score (nSPS) is 11.5. The van der Waals surface area contributed by atoms with E-state index in [0.717, 1.165) is 23.3 Å². The quantitative estimate of drug-likeness (QED) is 0.437. The number of halogens is 3. The molecule has 0 spiro atoms. The standard InChI is InChI=1S/C24H17F3N2O2/c25-24(26,27)19-13-11-18(12-14-19)23-28-20(15-31-23)22(30)29-21(16-7-3-1-4-8-16)17-9-5-2-6-10-17/h1-15,21H,(H,29,30). The third-order valence-corrected chi connectivity index (χ3v) is 4.74. The molecule has 0 saturated heterocycles. The lowest BCUT2D eigenvalue weighted by atomic mass is 9.98. The second-order valence-electron chi connectivity index (χ2n) is 6.84. The molecule has 0 fully saturated rings. The van der Waals surface area contributed by atoms with E-state index in [4.69, 9.17) is 4.42 Å². The lowest BCUT2D eigenvalue weighted by molar-refractivity contribution is -0.137. The van der Waals surface area contributed by atoms with Crippen LogP contribution < -0.4 is 5.32 Å². The lowest BCUT2D eigenvalue weighted by Crippen LogP contribution is -2.29. The Hall–Kier alpha value is -3.87. The van der Waals surface area contributed by atoms with Gasteiger partial charge in [0.25, 0.3) is 5.91 Å². The minimum atomic E-state index is -4.43. The Morgan fingerprint density at radius 1 is 0.839 bits per heavy atom. The topological polar surface area (TPSA) is 55.1 Å². The van der Waals surface area contributed by atoms with Crippen molar-refractivity contribution in [3.05, 3.63) is 114 Å². The zero-order chi connectivity index (χ0) is 21.8. The number of oxazole rings is 1. The monoisotopic (exact) mass is 422 g/mol. The second-order valence-corrected chi connectivity index (χ2v) is 6.84. The van der Waals surface area contributed by atoms with E-state index in [9.17, 15) is 18.0 Å². The largest absolute Gasteiger partial charge is 0.444 e. The van der Waals surface area contributed by atoms with Crippen LogP contribution in [0, 0.1) is 0 Å². The molecule has 1 amide bonds. The van der Waals surface area contributed by atoms with E-state index in [0.29, 0.717) is 5.56 Å². The maximum atomic E-state index is 12.8. The average molecular weight is 422 g/mol. The van der Waals surface area contributed by atoms with E-state index in [-0.39, 0.29) is 11.6 Å². The highest BCUT2D eigenvalue weighted by Crippen LogP contribution is 2.31. The highest BCUT2D eigenvalue weighted by atomic mass is 19.4. The molecule has 4 nitrogen and oxygen atoms in total. The number of rotatable bonds is 5. The van der Waals surface area contributed by atoms with Crippen molar-refractivity contribution in [3.8, 4) is 11.5 Å². The molecule has 1 aromatic heterocycles. The molecule has 0 radical (unpaired) electrons. The summed E-state index contributed by atoms with van der Waals surface area (Å²) < 4.78 is 43.6. The molecule has 0 atom stereocenters. The summed E-state index contributed by atoms with van der Waals surface area (Å²) in [6, 6.07) is 23.0. The zero-order valence-corrected chi connectivity index (χ0v) is 16.1. The number of alkyl halides is 3. The van der Waals surface area contributed by atoms with Crippen molar-refractivity contribution in [1.82, 2.24) is 10.3 Å². The molecular weight excluding hydrogens is 405 g/mol. The van der Waals surface area contributed by atoms with Crippen LogP contribution in [0.15, 0.2) is 95.6 Å². The predicted octanol–water partition coefficient (Wildman–Crippen LogP) is 5.88. The van der Waals surface area contributed by atoms with Crippen LogP contribution in [0.3, 0.4) is 0 Å². The number of carbonyl (C=O) groups excluding carboxylic acids is 1. The third-order valence-electron chi connectivity index (χ3n) is 4.74. The number of benzene rings is 3. The molecule has 156 valence electrons. The summed E-state index contributed by atoms with van der Waals surface area (Å²) >= 11 is 0. The van der Waals surface area contributed by atoms with E-state index in [1.54, 1.807) is 0 Å². The number of amides is 1. The molecule has 0 saturated carbocycles. The summed E-state index contributed by atoms with van der Waals surface area (Å²) in [7, 11) is 0. The maximum absolute atomic E-state index is 12.8. The second kappa shape index (κ2) is 8.47. The average Bonchev–Trinajstić information content (AvgIpc) is 3.28. The van der Waals surface area contributed by atoms with E-state index in [1.165, 1.54) is 18.4 Å². The van der Waals surface area contributed by atoms with Crippen molar-refractivity contribution in [2.24, 2.45) is 0 Å². The van der Waals surface area contributed by atoms with Gasteiger partial charge in [0.1, 0.15) is 6.26 Å². The lowest BCUT2D eigenvalue weighted by Gasteiger charge is -2.19. The number of hydrogen-bond acceptors (Lipinski definition) is 3. The van der Waals surface area contributed by atoms with Crippen molar-refractivity contribution >= 4 is 5.91 Å². The van der Waals surface area contributed by atoms with Crippen LogP contribution >= 0.6 is 0 Å². The number of nitrogens with zero attached hydrogens (tertiary/aromatic N) is 1. The first-order valence-electron chi connectivity index (χ1n) is 9.46. The maximum Gasteiger partial charge on any atom is 0.416 e. The summed E-state index contributed by atoms with van der Waals surface area (Å²) in [4.78, 5) is 17.0. The number of carbonyl (C=O) groups is 1. The Labute approximate surface area is 176 Å². The molecular formula is C24H17F3N2O2. The van der Waals surface area contributed by atoms with Gasteiger partial charge in [-0.3, -0.25) is 4.79 Å². The fourth-order valence-corrected chi connectivity index (χ4v) is 3.17. The Morgan fingerprint density at radius 3 is 1.90 bits per heavy atom. The third kappa shape index (κ3) is 4.66. The van der Waals surface area contributed by atoms with Crippen LogP contribution in [-0.2, 0) is 6.18 Å². The molecule has 31 heavy (non-hydrogen) atoms. The molecule has 7 heteroatoms. The van der Waals surface area contributed by atoms with Crippen molar-refractivity contribution in [3.63, 3.8) is 0 Å². The molecule has 0 unspecified atom stereocenters. The van der Waals surface area contributed by atoms with Gasteiger partial charge in [0.2, 0.25) is 5.89 Å². The highest BCUT2D eigenvalue weighted by molar-refractivity contribution is 5.93. The Balaban J connectivity index is 1.56. The van der Waals surface area contributed by atoms with Crippen LogP contribution in [0.2, 0.25) is 0 Å². The van der Waals surface area contributed by atoms with E-state index in [1.807, 2.05) is 60.7 Å². The zero-order valence-electron chi connectivity index (χ0n) is 16.1. The SMILES string of the molecule is O=C(NC(c1ccccc1)c1ccccc1)c1coc(-c2ccc(C(F)(F)F)cc2)n1. The molecule has 0 aliphatic carbocycles. The Morgan fingerprint density at radius 2 is 1.39 bits per heavy atom. The van der Waals surface area contributed by atoms with Crippen LogP contribution in [0.1, 0.15) is 33.2 Å². The fraction of sp³-hybridized carbons (Fsp3) is 0.0833. The van der Waals surface area contributed by atoms with Gasteiger partial charge >= 0.3 is 6.18 Å². The van der Waals surface area contributed by atoms with Crippen LogP contribution in [-0.4, -0.2) is 10.9 Å². The Kier molecular flexibility index (Phi) is 5.58. The summed E-state index contributed by atoms with van der Waals surface area (Å²) in [5, 5.41) is 2.95. The first-order chi connectivity index (χ1) is 14.9. The molecule has 3 aromatic carbocycles. The van der Waals surface area contributed by atoms with Gasteiger partial charge in [-0.1, -0.05) is 60.7 Å². The van der Waals surface area contributed by atoms with Gasteiger partial charge in [0.15, 0.2) is 5.69 Å². The van der Waals surface area contributed by atoms with Crippen molar-refractivity contribution < 1.29 is 22.4 Å². The van der Waals surface area contributed by atoms with Gasteiger partial charge in [0.05, 0.1) is 11.6 Å². The smallest absolute Gasteiger partial charge is 0.416 e. The summed E-state index contributed by atoms with van der Waals surface area (Å²) in [6.07, 6.45) is -3.24. The molecule has 1 N–H and O–H groups in total. The Bertz CT molecular complexity index is 1120. The summed E-state index contributed by atoms with van der Waals surface area (Å²) in [5.74, 6) is -0.394. The highest BCUT2D eigenvalue weighted by Gasteiger charge is 2.30. The minimum Gasteiger partial charge on any atom is -0.444 e. The number of hydrogen-bond donors (Lipinski definition) is 1. The van der Waals surface area contributed by atoms with Crippen LogP contribution in [0.4, 0.5) is 13.2 Å². The van der Waals surface area contributed by atoms with Crippen LogP contribution in [0.5, 0.6) is 0 Å². The fourth-order valence-electron chi connectivity index (χ4n) is 3.17. The number of aromatic nitrogens is 1. The first kappa shape index (κ1) is 20.4. The molecule has 1 heterocycles. The van der Waals surface area contributed by atoms with Crippen molar-refractivity contribution in [2.45, 2.75) is 12.2 Å². The molecule has 4 rings (SSSR count). The van der Waals surface area contributed by atoms with Gasteiger partial charge in [-0.15, -0.1) is 0 Å². The van der Waals surface area contributed by atoms with Gasteiger partial charge in [-0.25, -0.2) is 4.98 Å². The van der Waals surface area contributed by atoms with Gasteiger partial charge in [-0.05, 0) is 35.4 Å². The molecule has 0 bridgehead atoms. The van der Waals surface area contributed by atoms with E-state index < -0.39 is 23.7 Å². The van der Waals surface area contributed by atoms with Gasteiger partial charge in [0, 0.05) is 5.56 Å². The minimum absolute atomic E-state index is 0.0340. The van der Waals surface area contributed by atoms with Gasteiger partial charge in [-0.2, -0.15) is 13.2 Å².